The maximum atomic E-state index is 13.4. The zero-order chi connectivity index (χ0) is 12.0. The number of carbonyl (C=O) groups excluding carboxylic acids is 1. The predicted molar refractivity (Wildman–Crippen MR) is 58.7 cm³/mol. The van der Waals surface area contributed by atoms with Gasteiger partial charge >= 0.3 is 0 Å². The van der Waals surface area contributed by atoms with Crippen molar-refractivity contribution in [3.63, 3.8) is 0 Å². The van der Waals surface area contributed by atoms with Gasteiger partial charge in [0.25, 0.3) is 5.91 Å². The van der Waals surface area contributed by atoms with Crippen LogP contribution in [0.1, 0.15) is 5.56 Å². The Bertz CT molecular complexity index is 369. The second kappa shape index (κ2) is 6.07. The van der Waals surface area contributed by atoms with Crippen molar-refractivity contribution in [2.75, 3.05) is 20.2 Å². The molecule has 0 unspecified atom stereocenters. The Morgan fingerprint density at radius 2 is 2.31 bits per heavy atom. The van der Waals surface area contributed by atoms with Crippen molar-refractivity contribution < 1.29 is 13.9 Å². The van der Waals surface area contributed by atoms with Crippen LogP contribution in [-0.4, -0.2) is 26.1 Å². The van der Waals surface area contributed by atoms with Gasteiger partial charge in [-0.2, -0.15) is 0 Å². The largest absolute Gasteiger partial charge is 0.480 e. The number of amides is 1. The Kier molecular flexibility index (Phi) is 4.72. The van der Waals surface area contributed by atoms with Crippen LogP contribution in [0, 0.1) is 5.82 Å². The third-order valence-corrected chi connectivity index (χ3v) is 2.09. The summed E-state index contributed by atoms with van der Waals surface area (Å²) in [5.74, 6) is -0.673. The van der Waals surface area contributed by atoms with Gasteiger partial charge in [0, 0.05) is 7.05 Å². The van der Waals surface area contributed by atoms with Crippen LogP contribution in [0.5, 0.6) is 5.75 Å². The van der Waals surface area contributed by atoms with Gasteiger partial charge < -0.3 is 15.8 Å². The topological polar surface area (TPSA) is 64.3 Å². The molecule has 1 aromatic carbocycles. The fourth-order valence-corrected chi connectivity index (χ4v) is 1.28. The van der Waals surface area contributed by atoms with Gasteiger partial charge in [-0.3, -0.25) is 4.79 Å². The van der Waals surface area contributed by atoms with E-state index < -0.39 is 5.82 Å². The van der Waals surface area contributed by atoms with Crippen molar-refractivity contribution in [1.82, 2.24) is 5.32 Å². The van der Waals surface area contributed by atoms with Gasteiger partial charge in [-0.1, -0.05) is 12.1 Å². The second-order valence-corrected chi connectivity index (χ2v) is 3.23. The third kappa shape index (κ3) is 3.20. The maximum absolute atomic E-state index is 13.4. The smallest absolute Gasteiger partial charge is 0.257 e. The van der Waals surface area contributed by atoms with Crippen molar-refractivity contribution in [2.24, 2.45) is 5.73 Å². The first-order chi connectivity index (χ1) is 7.69. The third-order valence-electron chi connectivity index (χ3n) is 2.09. The minimum absolute atomic E-state index is 0.108. The fourth-order valence-electron chi connectivity index (χ4n) is 1.28. The Labute approximate surface area is 93.6 Å². The molecule has 0 aromatic heterocycles. The highest BCUT2D eigenvalue weighted by Gasteiger charge is 2.10. The van der Waals surface area contributed by atoms with Crippen LogP contribution in [0.2, 0.25) is 0 Å². The van der Waals surface area contributed by atoms with Crippen molar-refractivity contribution in [2.45, 2.75) is 6.42 Å². The molecule has 4 nitrogen and oxygen atoms in total. The van der Waals surface area contributed by atoms with Crippen LogP contribution in [0.15, 0.2) is 18.2 Å². The van der Waals surface area contributed by atoms with Crippen molar-refractivity contribution in [3.05, 3.63) is 29.6 Å². The number of hydrogen-bond donors (Lipinski definition) is 2. The van der Waals surface area contributed by atoms with Crippen LogP contribution >= 0.6 is 0 Å². The number of halogens is 1. The molecule has 0 saturated heterocycles. The number of ether oxygens (including phenoxy) is 1. The van der Waals surface area contributed by atoms with E-state index in [9.17, 15) is 9.18 Å². The van der Waals surface area contributed by atoms with Gasteiger partial charge in [-0.15, -0.1) is 0 Å². The summed E-state index contributed by atoms with van der Waals surface area (Å²) in [6, 6.07) is 4.61. The molecule has 5 heteroatoms. The lowest BCUT2D eigenvalue weighted by Gasteiger charge is -2.11. The molecule has 0 spiro atoms. The zero-order valence-electron chi connectivity index (χ0n) is 9.13. The number of rotatable bonds is 5. The zero-order valence-corrected chi connectivity index (χ0v) is 9.13. The van der Waals surface area contributed by atoms with Gasteiger partial charge in [0.1, 0.15) is 0 Å². The molecule has 0 fully saturated rings. The molecule has 16 heavy (non-hydrogen) atoms. The average Bonchev–Trinajstić information content (AvgIpc) is 2.28. The maximum Gasteiger partial charge on any atom is 0.257 e. The van der Waals surface area contributed by atoms with E-state index in [0.717, 1.165) is 0 Å². The van der Waals surface area contributed by atoms with Crippen LogP contribution in [-0.2, 0) is 11.2 Å². The minimum Gasteiger partial charge on any atom is -0.480 e. The van der Waals surface area contributed by atoms with E-state index in [1.165, 1.54) is 13.1 Å². The predicted octanol–water partition coefficient (Wildman–Crippen LogP) is 0.452. The summed E-state index contributed by atoms with van der Waals surface area (Å²) in [4.78, 5) is 11.0. The van der Waals surface area contributed by atoms with Crippen LogP contribution < -0.4 is 15.8 Å². The molecule has 3 N–H and O–H groups in total. The molecule has 0 atom stereocenters. The van der Waals surface area contributed by atoms with Gasteiger partial charge in [0.15, 0.2) is 18.2 Å². The Morgan fingerprint density at radius 1 is 1.56 bits per heavy atom. The van der Waals surface area contributed by atoms with E-state index in [-0.39, 0.29) is 18.3 Å². The number of para-hydroxylation sites is 1. The number of nitrogens with one attached hydrogen (secondary N) is 1. The molecule has 0 aliphatic rings. The molecule has 0 aliphatic heterocycles. The molecule has 0 radical (unpaired) electrons. The summed E-state index contributed by atoms with van der Waals surface area (Å²) < 4.78 is 18.6. The van der Waals surface area contributed by atoms with E-state index in [2.05, 4.69) is 5.32 Å². The summed E-state index contributed by atoms with van der Waals surface area (Å²) in [6.07, 6.45) is 0.515. The molecule has 0 aliphatic carbocycles. The first-order valence-corrected chi connectivity index (χ1v) is 5.00. The van der Waals surface area contributed by atoms with Crippen molar-refractivity contribution >= 4 is 5.91 Å². The molecule has 0 heterocycles. The number of benzene rings is 1. The quantitative estimate of drug-likeness (QED) is 0.766. The summed E-state index contributed by atoms with van der Waals surface area (Å²) >= 11 is 0. The minimum atomic E-state index is -0.477. The summed E-state index contributed by atoms with van der Waals surface area (Å²) in [5, 5.41) is 2.40. The lowest BCUT2D eigenvalue weighted by Crippen LogP contribution is -2.25. The second-order valence-electron chi connectivity index (χ2n) is 3.23. The highest BCUT2D eigenvalue weighted by atomic mass is 19.1. The Morgan fingerprint density at radius 3 is 2.94 bits per heavy atom. The molecule has 0 bridgehead atoms. The fraction of sp³-hybridized carbons (Fsp3) is 0.364. The monoisotopic (exact) mass is 226 g/mol. The molecule has 0 saturated carbocycles. The number of carbonyl (C=O) groups is 1. The highest BCUT2D eigenvalue weighted by Crippen LogP contribution is 2.22. The van der Waals surface area contributed by atoms with E-state index in [1.54, 1.807) is 12.1 Å². The lowest BCUT2D eigenvalue weighted by atomic mass is 10.1. The van der Waals surface area contributed by atoms with E-state index >= 15 is 0 Å². The normalized spacial score (nSPS) is 9.94. The van der Waals surface area contributed by atoms with Gasteiger partial charge in [0.05, 0.1) is 0 Å². The first-order valence-electron chi connectivity index (χ1n) is 5.00. The Hall–Kier alpha value is -1.62. The van der Waals surface area contributed by atoms with Crippen LogP contribution in [0.4, 0.5) is 4.39 Å². The van der Waals surface area contributed by atoms with E-state index in [1.807, 2.05) is 0 Å². The number of nitrogens with two attached hydrogens (primary N) is 1. The van der Waals surface area contributed by atoms with Crippen molar-refractivity contribution in [1.29, 1.82) is 0 Å². The summed E-state index contributed by atoms with van der Waals surface area (Å²) in [7, 11) is 1.49. The van der Waals surface area contributed by atoms with E-state index in [4.69, 9.17) is 10.5 Å². The Balaban J connectivity index is 2.79. The standard InChI is InChI=1S/C11H15FN2O2/c1-14-10(15)7-16-11-8(5-6-13)3-2-4-9(11)12/h2-4H,5-7,13H2,1H3,(H,14,15). The van der Waals surface area contributed by atoms with Gasteiger partial charge in [-0.25, -0.2) is 4.39 Å². The number of hydrogen-bond acceptors (Lipinski definition) is 3. The van der Waals surface area contributed by atoms with Gasteiger partial charge in [0.2, 0.25) is 0 Å². The summed E-state index contributed by atoms with van der Waals surface area (Å²) in [6.45, 7) is 0.203. The lowest BCUT2D eigenvalue weighted by molar-refractivity contribution is -0.122. The molecular formula is C11H15FN2O2. The average molecular weight is 226 g/mol. The van der Waals surface area contributed by atoms with E-state index in [0.29, 0.717) is 18.5 Å². The molecule has 1 amide bonds. The number of likely N-dealkylation sites (N-methyl/N-ethyl adjacent to an activating group) is 1. The van der Waals surface area contributed by atoms with Gasteiger partial charge in [-0.05, 0) is 24.6 Å². The summed E-state index contributed by atoms with van der Waals surface area (Å²) in [5.41, 5.74) is 6.08. The first kappa shape index (κ1) is 12.4. The molecule has 1 aromatic rings. The van der Waals surface area contributed by atoms with Crippen LogP contribution in [0.25, 0.3) is 0 Å². The molecule has 88 valence electrons. The molecular weight excluding hydrogens is 211 g/mol. The highest BCUT2D eigenvalue weighted by molar-refractivity contribution is 5.77. The van der Waals surface area contributed by atoms with Crippen molar-refractivity contribution in [3.8, 4) is 5.75 Å². The van der Waals surface area contributed by atoms with Crippen LogP contribution in [0.3, 0.4) is 0 Å². The molecule has 1 rings (SSSR count). The SMILES string of the molecule is CNC(=O)COc1c(F)cccc1CCN.